The monoisotopic (exact) mass is 333 g/mol. The average molecular weight is 334 g/mol. The number of anilines is 1. The zero-order valence-corrected chi connectivity index (χ0v) is 13.1. The highest BCUT2D eigenvalue weighted by Crippen LogP contribution is 2.16. The Morgan fingerprint density at radius 2 is 1.83 bits per heavy atom. The smallest absolute Gasteiger partial charge is 0.321 e. The summed E-state index contributed by atoms with van der Waals surface area (Å²) >= 11 is 5.90. The van der Waals surface area contributed by atoms with E-state index in [1.807, 2.05) is 0 Å². The first-order valence-electron chi connectivity index (χ1n) is 7.26. The number of furan rings is 1. The molecule has 0 atom stereocenters. The lowest BCUT2D eigenvalue weighted by Crippen LogP contribution is -2.51. The highest BCUT2D eigenvalue weighted by molar-refractivity contribution is 6.30. The highest BCUT2D eigenvalue weighted by atomic mass is 35.5. The summed E-state index contributed by atoms with van der Waals surface area (Å²) in [6.07, 6.45) is 2.91. The van der Waals surface area contributed by atoms with Crippen LogP contribution in [0.15, 0.2) is 47.3 Å². The van der Waals surface area contributed by atoms with Crippen LogP contribution in [0.5, 0.6) is 0 Å². The number of hydrogen-bond acceptors (Lipinski definition) is 3. The molecule has 1 aromatic heterocycles. The van der Waals surface area contributed by atoms with Gasteiger partial charge in [0.1, 0.15) is 6.26 Å². The van der Waals surface area contributed by atoms with E-state index in [0.717, 1.165) is 0 Å². The van der Waals surface area contributed by atoms with Gasteiger partial charge in [0, 0.05) is 36.9 Å². The third-order valence-corrected chi connectivity index (χ3v) is 3.93. The Hall–Kier alpha value is -2.47. The molecule has 23 heavy (non-hydrogen) atoms. The first kappa shape index (κ1) is 15.4. The first-order chi connectivity index (χ1) is 11.1. The number of urea groups is 1. The Bertz CT molecular complexity index is 694. The number of amides is 3. The van der Waals surface area contributed by atoms with Crippen LogP contribution in [0.4, 0.5) is 10.5 Å². The molecule has 0 radical (unpaired) electrons. The number of piperazine rings is 1. The molecule has 1 aliphatic rings. The molecular weight excluding hydrogens is 318 g/mol. The van der Waals surface area contributed by atoms with Crippen molar-refractivity contribution in [2.45, 2.75) is 0 Å². The number of benzene rings is 1. The lowest BCUT2D eigenvalue weighted by Gasteiger charge is -2.34. The highest BCUT2D eigenvalue weighted by Gasteiger charge is 2.25. The van der Waals surface area contributed by atoms with E-state index in [9.17, 15) is 9.59 Å². The van der Waals surface area contributed by atoms with E-state index in [-0.39, 0.29) is 11.9 Å². The molecule has 1 aromatic carbocycles. The minimum atomic E-state index is -0.192. The molecule has 0 unspecified atom stereocenters. The Labute approximate surface area is 138 Å². The molecule has 0 saturated carbocycles. The van der Waals surface area contributed by atoms with Gasteiger partial charge in [-0.05, 0) is 24.3 Å². The van der Waals surface area contributed by atoms with Crippen molar-refractivity contribution >= 4 is 29.2 Å². The molecule has 120 valence electrons. The third kappa shape index (κ3) is 3.65. The second kappa shape index (κ2) is 6.75. The number of carbonyl (C=O) groups is 2. The van der Waals surface area contributed by atoms with E-state index in [2.05, 4.69) is 5.32 Å². The Morgan fingerprint density at radius 1 is 1.09 bits per heavy atom. The minimum Gasteiger partial charge on any atom is -0.472 e. The normalized spacial score (nSPS) is 14.7. The SMILES string of the molecule is O=C(Nc1cccc(Cl)c1)N1CCN(C(=O)c2ccoc2)CC1. The van der Waals surface area contributed by atoms with Crippen LogP contribution in [0, 0.1) is 0 Å². The molecule has 2 heterocycles. The lowest BCUT2D eigenvalue weighted by atomic mass is 10.2. The van der Waals surface area contributed by atoms with E-state index in [1.165, 1.54) is 12.5 Å². The van der Waals surface area contributed by atoms with Crippen molar-refractivity contribution in [2.75, 3.05) is 31.5 Å². The third-order valence-electron chi connectivity index (χ3n) is 3.70. The second-order valence-electron chi connectivity index (χ2n) is 5.23. The van der Waals surface area contributed by atoms with Crippen LogP contribution < -0.4 is 5.32 Å². The molecule has 1 N–H and O–H groups in total. The van der Waals surface area contributed by atoms with Gasteiger partial charge >= 0.3 is 6.03 Å². The minimum absolute atomic E-state index is 0.0753. The van der Waals surface area contributed by atoms with Gasteiger partial charge in [-0.3, -0.25) is 4.79 Å². The molecule has 3 amide bonds. The zero-order valence-electron chi connectivity index (χ0n) is 12.4. The van der Waals surface area contributed by atoms with Gasteiger partial charge < -0.3 is 19.5 Å². The van der Waals surface area contributed by atoms with Crippen LogP contribution in [0.1, 0.15) is 10.4 Å². The topological polar surface area (TPSA) is 65.8 Å². The van der Waals surface area contributed by atoms with Crippen LogP contribution in [-0.2, 0) is 0 Å². The fourth-order valence-electron chi connectivity index (χ4n) is 2.45. The number of nitrogens with one attached hydrogen (secondary N) is 1. The largest absolute Gasteiger partial charge is 0.472 e. The fraction of sp³-hybridized carbons (Fsp3) is 0.250. The number of hydrogen-bond donors (Lipinski definition) is 1. The Morgan fingerprint density at radius 3 is 2.48 bits per heavy atom. The molecule has 1 fully saturated rings. The predicted molar refractivity (Wildman–Crippen MR) is 86.7 cm³/mol. The van der Waals surface area contributed by atoms with Gasteiger partial charge in [0.2, 0.25) is 0 Å². The number of carbonyl (C=O) groups excluding carboxylic acids is 2. The van der Waals surface area contributed by atoms with Crippen molar-refractivity contribution in [2.24, 2.45) is 0 Å². The summed E-state index contributed by atoms with van der Waals surface area (Å²) in [5.41, 5.74) is 1.18. The van der Waals surface area contributed by atoms with Gasteiger partial charge in [-0.15, -0.1) is 0 Å². The van der Waals surface area contributed by atoms with Crippen LogP contribution in [0.25, 0.3) is 0 Å². The van der Waals surface area contributed by atoms with Crippen molar-refractivity contribution in [3.05, 3.63) is 53.4 Å². The van der Waals surface area contributed by atoms with Crippen molar-refractivity contribution in [1.29, 1.82) is 0 Å². The van der Waals surface area contributed by atoms with E-state index in [1.54, 1.807) is 40.1 Å². The van der Waals surface area contributed by atoms with Crippen molar-refractivity contribution in [3.8, 4) is 0 Å². The van der Waals surface area contributed by atoms with E-state index in [4.69, 9.17) is 16.0 Å². The van der Waals surface area contributed by atoms with E-state index < -0.39 is 0 Å². The maximum Gasteiger partial charge on any atom is 0.321 e. The van der Waals surface area contributed by atoms with Gasteiger partial charge in [-0.1, -0.05) is 17.7 Å². The van der Waals surface area contributed by atoms with E-state index in [0.29, 0.717) is 42.5 Å². The summed E-state index contributed by atoms with van der Waals surface area (Å²) in [7, 11) is 0. The molecule has 7 heteroatoms. The van der Waals surface area contributed by atoms with Crippen molar-refractivity contribution < 1.29 is 14.0 Å². The van der Waals surface area contributed by atoms with Gasteiger partial charge in [0.05, 0.1) is 11.8 Å². The van der Waals surface area contributed by atoms with Crippen LogP contribution >= 0.6 is 11.6 Å². The van der Waals surface area contributed by atoms with Crippen molar-refractivity contribution in [1.82, 2.24) is 9.80 Å². The Balaban J connectivity index is 1.54. The summed E-state index contributed by atoms with van der Waals surface area (Å²) in [5, 5.41) is 3.38. The molecule has 3 rings (SSSR count). The van der Waals surface area contributed by atoms with Gasteiger partial charge in [0.25, 0.3) is 5.91 Å². The molecule has 0 spiro atoms. The Kier molecular flexibility index (Phi) is 4.52. The summed E-state index contributed by atoms with van der Waals surface area (Å²) in [5.74, 6) is -0.0753. The molecule has 6 nitrogen and oxygen atoms in total. The number of halogens is 1. The molecule has 0 bridgehead atoms. The molecule has 0 aliphatic carbocycles. The predicted octanol–water partition coefficient (Wildman–Crippen LogP) is 2.92. The molecule has 1 saturated heterocycles. The maximum atomic E-state index is 12.2. The first-order valence-corrected chi connectivity index (χ1v) is 7.64. The summed E-state index contributed by atoms with van der Waals surface area (Å²) < 4.78 is 4.93. The van der Waals surface area contributed by atoms with Crippen molar-refractivity contribution in [3.63, 3.8) is 0 Å². The van der Waals surface area contributed by atoms with Gasteiger partial charge in [-0.2, -0.15) is 0 Å². The average Bonchev–Trinajstić information content (AvgIpc) is 3.09. The summed E-state index contributed by atoms with van der Waals surface area (Å²) in [4.78, 5) is 27.8. The fourth-order valence-corrected chi connectivity index (χ4v) is 2.64. The zero-order chi connectivity index (χ0) is 16.2. The van der Waals surface area contributed by atoms with E-state index >= 15 is 0 Å². The summed E-state index contributed by atoms with van der Waals surface area (Å²) in [6, 6.07) is 8.45. The standard InChI is InChI=1S/C16H16ClN3O3/c17-13-2-1-3-14(10-13)18-16(22)20-7-5-19(6-8-20)15(21)12-4-9-23-11-12/h1-4,9-11H,5-8H2,(H,18,22). The number of nitrogens with zero attached hydrogens (tertiary/aromatic N) is 2. The maximum absolute atomic E-state index is 12.2. The van der Waals surface area contributed by atoms with Crippen LogP contribution in [0.3, 0.4) is 0 Å². The van der Waals surface area contributed by atoms with Crippen LogP contribution in [0.2, 0.25) is 5.02 Å². The molecule has 2 aromatic rings. The number of rotatable bonds is 2. The molecular formula is C16H16ClN3O3. The lowest BCUT2D eigenvalue weighted by molar-refractivity contribution is 0.0671. The van der Waals surface area contributed by atoms with Crippen LogP contribution in [-0.4, -0.2) is 47.9 Å². The van der Waals surface area contributed by atoms with Gasteiger partial charge in [-0.25, -0.2) is 4.79 Å². The quantitative estimate of drug-likeness (QED) is 0.919. The second-order valence-corrected chi connectivity index (χ2v) is 5.67. The van der Waals surface area contributed by atoms with Gasteiger partial charge in [0.15, 0.2) is 0 Å². The summed E-state index contributed by atoms with van der Waals surface area (Å²) in [6.45, 7) is 1.95. The molecule has 1 aliphatic heterocycles.